The van der Waals surface area contributed by atoms with E-state index >= 15 is 0 Å². The SMILES string of the molecule is COC(=O)c1sccc1Oc1ccc(NS(=O)(=O)c2ccccc2)cc1. The van der Waals surface area contributed by atoms with Crippen LogP contribution in [0.15, 0.2) is 70.9 Å². The summed E-state index contributed by atoms with van der Waals surface area (Å²) in [4.78, 5) is 12.2. The van der Waals surface area contributed by atoms with Crippen molar-refractivity contribution in [2.75, 3.05) is 11.8 Å². The van der Waals surface area contributed by atoms with E-state index in [0.29, 0.717) is 22.1 Å². The van der Waals surface area contributed by atoms with Gasteiger partial charge in [0.15, 0.2) is 10.6 Å². The van der Waals surface area contributed by atoms with Crippen molar-refractivity contribution in [3.8, 4) is 11.5 Å². The maximum Gasteiger partial charge on any atom is 0.351 e. The van der Waals surface area contributed by atoms with Crippen LogP contribution in [0.5, 0.6) is 11.5 Å². The lowest BCUT2D eigenvalue weighted by Crippen LogP contribution is -2.12. The summed E-state index contributed by atoms with van der Waals surface area (Å²) in [5.41, 5.74) is 0.403. The molecule has 0 unspecified atom stereocenters. The first-order valence-electron chi connectivity index (χ1n) is 7.51. The Morgan fingerprint density at radius 1 is 1.00 bits per heavy atom. The lowest BCUT2D eigenvalue weighted by atomic mass is 10.3. The summed E-state index contributed by atoms with van der Waals surface area (Å²) in [6.45, 7) is 0. The van der Waals surface area contributed by atoms with E-state index < -0.39 is 16.0 Å². The fraction of sp³-hybridized carbons (Fsp3) is 0.0556. The molecular weight excluding hydrogens is 374 g/mol. The largest absolute Gasteiger partial charge is 0.465 e. The number of nitrogens with one attached hydrogen (secondary N) is 1. The summed E-state index contributed by atoms with van der Waals surface area (Å²) in [7, 11) is -2.34. The van der Waals surface area contributed by atoms with Crippen LogP contribution in [0.3, 0.4) is 0 Å². The molecule has 0 atom stereocenters. The Morgan fingerprint density at radius 2 is 1.69 bits per heavy atom. The number of esters is 1. The van der Waals surface area contributed by atoms with Gasteiger partial charge in [-0.2, -0.15) is 0 Å². The molecule has 0 aliphatic heterocycles. The molecule has 0 radical (unpaired) electrons. The van der Waals surface area contributed by atoms with Gasteiger partial charge in [-0.15, -0.1) is 11.3 Å². The van der Waals surface area contributed by atoms with E-state index in [-0.39, 0.29) is 4.90 Å². The Labute approximate surface area is 155 Å². The van der Waals surface area contributed by atoms with Gasteiger partial charge in [-0.1, -0.05) is 18.2 Å². The van der Waals surface area contributed by atoms with E-state index in [1.807, 2.05) is 0 Å². The van der Waals surface area contributed by atoms with E-state index in [1.165, 1.54) is 30.6 Å². The first kappa shape index (κ1) is 18.0. The minimum atomic E-state index is -3.65. The molecule has 1 N–H and O–H groups in total. The van der Waals surface area contributed by atoms with Gasteiger partial charge in [0.2, 0.25) is 0 Å². The number of sulfonamides is 1. The molecule has 0 bridgehead atoms. The van der Waals surface area contributed by atoms with Crippen LogP contribution in [0.4, 0.5) is 5.69 Å². The van der Waals surface area contributed by atoms with Crippen molar-refractivity contribution in [3.63, 3.8) is 0 Å². The van der Waals surface area contributed by atoms with Crippen LogP contribution in [-0.4, -0.2) is 21.5 Å². The molecule has 0 amide bonds. The molecule has 0 saturated carbocycles. The number of thiophene rings is 1. The van der Waals surface area contributed by atoms with Gasteiger partial charge in [0.25, 0.3) is 10.0 Å². The first-order valence-corrected chi connectivity index (χ1v) is 9.87. The van der Waals surface area contributed by atoms with Crippen molar-refractivity contribution >= 4 is 33.0 Å². The van der Waals surface area contributed by atoms with Gasteiger partial charge in [0, 0.05) is 5.69 Å². The predicted molar refractivity (Wildman–Crippen MR) is 99.4 cm³/mol. The number of hydrogen-bond acceptors (Lipinski definition) is 6. The summed E-state index contributed by atoms with van der Waals surface area (Å²) in [6.07, 6.45) is 0. The fourth-order valence-corrected chi connectivity index (χ4v) is 3.96. The van der Waals surface area contributed by atoms with Crippen LogP contribution < -0.4 is 9.46 Å². The average Bonchev–Trinajstić information content (AvgIpc) is 3.11. The van der Waals surface area contributed by atoms with Crippen molar-refractivity contribution in [1.29, 1.82) is 0 Å². The maximum absolute atomic E-state index is 12.3. The Hall–Kier alpha value is -2.84. The molecule has 0 spiro atoms. The molecule has 3 aromatic rings. The topological polar surface area (TPSA) is 81.7 Å². The summed E-state index contributed by atoms with van der Waals surface area (Å²) in [6, 6.07) is 16.2. The zero-order valence-electron chi connectivity index (χ0n) is 13.7. The second-order valence-corrected chi connectivity index (χ2v) is 7.75. The van der Waals surface area contributed by atoms with Crippen LogP contribution in [0.1, 0.15) is 9.67 Å². The van der Waals surface area contributed by atoms with Crippen molar-refractivity contribution in [1.82, 2.24) is 0 Å². The summed E-state index contributed by atoms with van der Waals surface area (Å²) in [5.74, 6) is 0.387. The van der Waals surface area contributed by atoms with Crippen molar-refractivity contribution in [2.24, 2.45) is 0 Å². The number of hydrogen-bond donors (Lipinski definition) is 1. The Balaban J connectivity index is 1.73. The van der Waals surface area contributed by atoms with E-state index in [2.05, 4.69) is 4.72 Å². The van der Waals surface area contributed by atoms with Crippen LogP contribution in [0.2, 0.25) is 0 Å². The van der Waals surface area contributed by atoms with Gasteiger partial charge in [0.1, 0.15) is 5.75 Å². The standard InChI is InChI=1S/C18H15NO5S2/c1-23-18(20)17-16(11-12-25-17)24-14-9-7-13(8-10-14)19-26(21,22)15-5-3-2-4-6-15/h2-12,19H,1H3. The smallest absolute Gasteiger partial charge is 0.351 e. The second kappa shape index (κ2) is 7.59. The molecule has 2 aromatic carbocycles. The highest BCUT2D eigenvalue weighted by atomic mass is 32.2. The molecule has 8 heteroatoms. The van der Waals surface area contributed by atoms with Crippen molar-refractivity contribution in [2.45, 2.75) is 4.90 Å². The molecule has 26 heavy (non-hydrogen) atoms. The fourth-order valence-electron chi connectivity index (χ4n) is 2.15. The van der Waals surface area contributed by atoms with Gasteiger partial charge in [-0.25, -0.2) is 13.2 Å². The zero-order valence-corrected chi connectivity index (χ0v) is 15.3. The van der Waals surface area contributed by atoms with E-state index in [9.17, 15) is 13.2 Å². The number of anilines is 1. The molecule has 1 aromatic heterocycles. The van der Waals surface area contributed by atoms with Crippen LogP contribution >= 0.6 is 11.3 Å². The maximum atomic E-state index is 12.3. The predicted octanol–water partition coefficient (Wildman–Crippen LogP) is 4.13. The summed E-state index contributed by atoms with van der Waals surface area (Å²) < 4.78 is 37.5. The summed E-state index contributed by atoms with van der Waals surface area (Å²) in [5, 5.41) is 1.73. The number of carbonyl (C=O) groups is 1. The molecule has 0 fully saturated rings. The van der Waals surface area contributed by atoms with Gasteiger partial charge >= 0.3 is 5.97 Å². The van der Waals surface area contributed by atoms with Crippen LogP contribution in [-0.2, 0) is 14.8 Å². The normalized spacial score (nSPS) is 11.0. The minimum Gasteiger partial charge on any atom is -0.465 e. The first-order chi connectivity index (χ1) is 12.5. The quantitative estimate of drug-likeness (QED) is 0.641. The minimum absolute atomic E-state index is 0.182. The van der Waals surface area contributed by atoms with Crippen LogP contribution in [0.25, 0.3) is 0 Å². The Bertz CT molecular complexity index is 996. The number of rotatable bonds is 6. The van der Waals surface area contributed by atoms with E-state index in [1.54, 1.807) is 53.9 Å². The molecule has 0 aliphatic carbocycles. The lowest BCUT2D eigenvalue weighted by Gasteiger charge is -2.09. The number of benzene rings is 2. The number of ether oxygens (including phenoxy) is 2. The monoisotopic (exact) mass is 389 g/mol. The third-order valence-corrected chi connectivity index (χ3v) is 5.66. The molecule has 0 saturated heterocycles. The molecule has 1 heterocycles. The highest BCUT2D eigenvalue weighted by molar-refractivity contribution is 7.92. The highest BCUT2D eigenvalue weighted by Gasteiger charge is 2.16. The van der Waals surface area contributed by atoms with E-state index in [0.717, 1.165) is 0 Å². The third kappa shape index (κ3) is 4.04. The van der Waals surface area contributed by atoms with Crippen LogP contribution in [0, 0.1) is 0 Å². The molecule has 3 rings (SSSR count). The zero-order chi connectivity index (χ0) is 18.6. The average molecular weight is 389 g/mol. The third-order valence-electron chi connectivity index (χ3n) is 3.39. The van der Waals surface area contributed by atoms with Crippen molar-refractivity contribution in [3.05, 3.63) is 70.9 Å². The van der Waals surface area contributed by atoms with Crippen molar-refractivity contribution < 1.29 is 22.7 Å². The van der Waals surface area contributed by atoms with Gasteiger partial charge in [-0.05, 0) is 47.8 Å². The Kier molecular flexibility index (Phi) is 5.24. The molecule has 134 valence electrons. The van der Waals surface area contributed by atoms with Gasteiger partial charge in [-0.3, -0.25) is 4.72 Å². The van der Waals surface area contributed by atoms with Gasteiger partial charge < -0.3 is 9.47 Å². The molecule has 6 nitrogen and oxygen atoms in total. The summed E-state index contributed by atoms with van der Waals surface area (Å²) >= 11 is 1.22. The second-order valence-electron chi connectivity index (χ2n) is 5.15. The van der Waals surface area contributed by atoms with E-state index in [4.69, 9.17) is 9.47 Å². The highest BCUT2D eigenvalue weighted by Crippen LogP contribution is 2.31. The molecule has 0 aliphatic rings. The number of methoxy groups -OCH3 is 1. The number of carbonyl (C=O) groups excluding carboxylic acids is 1. The lowest BCUT2D eigenvalue weighted by molar-refractivity contribution is 0.0604. The molecular formula is C18H15NO5S2. The Morgan fingerprint density at radius 3 is 2.35 bits per heavy atom. The van der Waals surface area contributed by atoms with Gasteiger partial charge in [0.05, 0.1) is 12.0 Å².